The summed E-state index contributed by atoms with van der Waals surface area (Å²) in [5, 5.41) is 6.99. The number of nitrogens with zero attached hydrogens (tertiary/aromatic N) is 2. The van der Waals surface area contributed by atoms with Crippen molar-refractivity contribution in [2.45, 2.75) is 46.1 Å². The predicted molar refractivity (Wildman–Crippen MR) is 75.0 cm³/mol. The zero-order valence-electron chi connectivity index (χ0n) is 12.1. The summed E-state index contributed by atoms with van der Waals surface area (Å²) in [4.78, 5) is 14.6. The number of aromatic amines is 1. The molecule has 5 nitrogen and oxygen atoms in total. The Kier molecular flexibility index (Phi) is 4.24. The number of aromatic nitrogens is 2. The van der Waals surface area contributed by atoms with Gasteiger partial charge >= 0.3 is 0 Å². The summed E-state index contributed by atoms with van der Waals surface area (Å²) >= 11 is 0. The average molecular weight is 264 g/mol. The fraction of sp³-hybridized carbons (Fsp3) is 0.714. The molecule has 19 heavy (non-hydrogen) atoms. The van der Waals surface area contributed by atoms with Gasteiger partial charge in [0, 0.05) is 24.8 Å². The summed E-state index contributed by atoms with van der Waals surface area (Å²) in [7, 11) is 0. The van der Waals surface area contributed by atoms with E-state index in [4.69, 9.17) is 5.73 Å². The number of likely N-dealkylation sites (tertiary alicyclic amines) is 1. The predicted octanol–water partition coefficient (Wildman–Crippen LogP) is 1.62. The third-order valence-electron chi connectivity index (χ3n) is 4.28. The van der Waals surface area contributed by atoms with E-state index in [9.17, 15) is 4.79 Å². The van der Waals surface area contributed by atoms with Crippen molar-refractivity contribution in [3.63, 3.8) is 0 Å². The Morgan fingerprint density at radius 1 is 1.53 bits per heavy atom. The lowest BCUT2D eigenvalue weighted by molar-refractivity contribution is 0.0557. The first-order chi connectivity index (χ1) is 9.08. The SMILES string of the molecule is CCC1CCN(C(=O)c2c(C)n[nH]c2C)C(CN)C1. The fourth-order valence-electron chi connectivity index (χ4n) is 3.01. The maximum Gasteiger partial charge on any atom is 0.257 e. The molecule has 0 bridgehead atoms. The van der Waals surface area contributed by atoms with Gasteiger partial charge in [-0.3, -0.25) is 9.89 Å². The van der Waals surface area contributed by atoms with Crippen molar-refractivity contribution in [1.29, 1.82) is 0 Å². The van der Waals surface area contributed by atoms with Crippen molar-refractivity contribution in [3.8, 4) is 0 Å². The molecule has 106 valence electrons. The topological polar surface area (TPSA) is 75.0 Å². The Labute approximate surface area is 114 Å². The van der Waals surface area contributed by atoms with Crippen molar-refractivity contribution in [1.82, 2.24) is 15.1 Å². The van der Waals surface area contributed by atoms with Crippen LogP contribution in [-0.2, 0) is 0 Å². The lowest BCUT2D eigenvalue weighted by atomic mass is 9.88. The highest BCUT2D eigenvalue weighted by atomic mass is 16.2. The Balaban J connectivity index is 2.19. The van der Waals surface area contributed by atoms with Crippen LogP contribution in [0.25, 0.3) is 0 Å². The lowest BCUT2D eigenvalue weighted by Crippen LogP contribution is -2.49. The lowest BCUT2D eigenvalue weighted by Gasteiger charge is -2.39. The van der Waals surface area contributed by atoms with Crippen molar-refractivity contribution >= 4 is 5.91 Å². The van der Waals surface area contributed by atoms with Gasteiger partial charge in [-0.1, -0.05) is 13.3 Å². The third-order valence-corrected chi connectivity index (χ3v) is 4.28. The van der Waals surface area contributed by atoms with Crippen LogP contribution in [0.5, 0.6) is 0 Å². The van der Waals surface area contributed by atoms with Crippen LogP contribution in [0.15, 0.2) is 0 Å². The van der Waals surface area contributed by atoms with Gasteiger partial charge in [-0.15, -0.1) is 0 Å². The molecule has 1 aromatic rings. The third kappa shape index (κ3) is 2.66. The maximum atomic E-state index is 12.7. The van der Waals surface area contributed by atoms with Gasteiger partial charge < -0.3 is 10.6 Å². The highest BCUT2D eigenvalue weighted by molar-refractivity contribution is 5.96. The first kappa shape index (κ1) is 14.1. The molecule has 1 aromatic heterocycles. The molecular formula is C14H24N4O. The van der Waals surface area contributed by atoms with E-state index >= 15 is 0 Å². The highest BCUT2D eigenvalue weighted by Gasteiger charge is 2.32. The second-order valence-corrected chi connectivity index (χ2v) is 5.50. The molecule has 2 rings (SSSR count). The van der Waals surface area contributed by atoms with Crippen LogP contribution in [0.3, 0.4) is 0 Å². The first-order valence-corrected chi connectivity index (χ1v) is 7.11. The largest absolute Gasteiger partial charge is 0.334 e. The maximum absolute atomic E-state index is 12.7. The van der Waals surface area contributed by atoms with Crippen molar-refractivity contribution in [2.24, 2.45) is 11.7 Å². The Morgan fingerprint density at radius 2 is 2.26 bits per heavy atom. The molecular weight excluding hydrogens is 240 g/mol. The van der Waals surface area contributed by atoms with Crippen LogP contribution >= 0.6 is 0 Å². The monoisotopic (exact) mass is 264 g/mol. The quantitative estimate of drug-likeness (QED) is 0.871. The number of H-pyrrole nitrogens is 1. The molecule has 0 spiro atoms. The number of carbonyl (C=O) groups excluding carboxylic acids is 1. The molecule has 1 saturated heterocycles. The molecule has 0 aromatic carbocycles. The van der Waals surface area contributed by atoms with Gasteiger partial charge in [0.15, 0.2) is 0 Å². The van der Waals surface area contributed by atoms with E-state index in [-0.39, 0.29) is 11.9 Å². The molecule has 1 aliphatic heterocycles. The second-order valence-electron chi connectivity index (χ2n) is 5.50. The Hall–Kier alpha value is -1.36. The summed E-state index contributed by atoms with van der Waals surface area (Å²) in [6.45, 7) is 7.32. The van der Waals surface area contributed by atoms with E-state index in [1.54, 1.807) is 0 Å². The van der Waals surface area contributed by atoms with Gasteiger partial charge in [0.2, 0.25) is 0 Å². The van der Waals surface area contributed by atoms with Gasteiger partial charge in [-0.05, 0) is 32.6 Å². The van der Waals surface area contributed by atoms with Gasteiger partial charge in [-0.25, -0.2) is 0 Å². The number of nitrogens with two attached hydrogens (primary N) is 1. The van der Waals surface area contributed by atoms with E-state index < -0.39 is 0 Å². The van der Waals surface area contributed by atoms with Crippen molar-refractivity contribution in [3.05, 3.63) is 17.0 Å². The van der Waals surface area contributed by atoms with E-state index in [0.29, 0.717) is 18.0 Å². The Bertz CT molecular complexity index is 435. The van der Waals surface area contributed by atoms with E-state index in [1.165, 1.54) is 6.42 Å². The molecule has 3 N–H and O–H groups in total. The molecule has 1 amide bonds. The molecule has 0 aliphatic carbocycles. The second kappa shape index (κ2) is 5.74. The number of aryl methyl sites for hydroxylation is 2. The molecule has 2 atom stereocenters. The molecule has 1 fully saturated rings. The van der Waals surface area contributed by atoms with Crippen molar-refractivity contribution in [2.75, 3.05) is 13.1 Å². The minimum absolute atomic E-state index is 0.0775. The standard InChI is InChI=1S/C14H24N4O/c1-4-11-5-6-18(12(7-11)8-15)14(19)13-9(2)16-17-10(13)3/h11-12H,4-8,15H2,1-3H3,(H,16,17). The van der Waals surface area contributed by atoms with E-state index in [2.05, 4.69) is 17.1 Å². The zero-order valence-corrected chi connectivity index (χ0v) is 12.1. The number of piperidine rings is 1. The number of carbonyl (C=O) groups is 1. The normalized spacial score (nSPS) is 23.7. The smallest absolute Gasteiger partial charge is 0.257 e. The van der Waals surface area contributed by atoms with Crippen LogP contribution in [-0.4, -0.2) is 40.1 Å². The minimum atomic E-state index is 0.0775. The van der Waals surface area contributed by atoms with Crippen LogP contribution in [0.2, 0.25) is 0 Å². The number of nitrogens with one attached hydrogen (secondary N) is 1. The molecule has 0 radical (unpaired) electrons. The fourth-order valence-corrected chi connectivity index (χ4v) is 3.01. The summed E-state index contributed by atoms with van der Waals surface area (Å²) in [6.07, 6.45) is 3.27. The summed E-state index contributed by atoms with van der Waals surface area (Å²) in [5.41, 5.74) is 8.19. The average Bonchev–Trinajstić information content (AvgIpc) is 2.76. The molecule has 1 aliphatic rings. The summed E-state index contributed by atoms with van der Waals surface area (Å²) < 4.78 is 0. The molecule has 2 heterocycles. The van der Waals surface area contributed by atoms with Crippen LogP contribution in [0.4, 0.5) is 0 Å². The number of rotatable bonds is 3. The molecule has 0 saturated carbocycles. The van der Waals surface area contributed by atoms with Crippen molar-refractivity contribution < 1.29 is 4.79 Å². The van der Waals surface area contributed by atoms with Gasteiger partial charge in [-0.2, -0.15) is 5.10 Å². The minimum Gasteiger partial charge on any atom is -0.334 e. The Morgan fingerprint density at radius 3 is 2.79 bits per heavy atom. The number of amides is 1. The number of hydrogen-bond acceptors (Lipinski definition) is 3. The van der Waals surface area contributed by atoms with E-state index in [0.717, 1.165) is 30.8 Å². The highest BCUT2D eigenvalue weighted by Crippen LogP contribution is 2.27. The summed E-state index contributed by atoms with van der Waals surface area (Å²) in [5.74, 6) is 0.776. The first-order valence-electron chi connectivity index (χ1n) is 7.11. The van der Waals surface area contributed by atoms with Gasteiger partial charge in [0.05, 0.1) is 11.3 Å². The van der Waals surface area contributed by atoms with E-state index in [1.807, 2.05) is 18.7 Å². The van der Waals surface area contributed by atoms with Gasteiger partial charge in [0.1, 0.15) is 0 Å². The molecule has 2 unspecified atom stereocenters. The summed E-state index contributed by atoms with van der Waals surface area (Å²) in [6, 6.07) is 0.167. The van der Waals surface area contributed by atoms with Crippen LogP contribution < -0.4 is 5.73 Å². The van der Waals surface area contributed by atoms with Crippen LogP contribution in [0, 0.1) is 19.8 Å². The van der Waals surface area contributed by atoms with Crippen LogP contribution in [0.1, 0.15) is 47.9 Å². The van der Waals surface area contributed by atoms with Gasteiger partial charge in [0.25, 0.3) is 5.91 Å². The zero-order chi connectivity index (χ0) is 14.0. The number of hydrogen-bond donors (Lipinski definition) is 2. The molecule has 5 heteroatoms.